The highest BCUT2D eigenvalue weighted by Crippen LogP contribution is 2.18. The molecule has 0 spiro atoms. The minimum atomic E-state index is -0.650. The van der Waals surface area contributed by atoms with Gasteiger partial charge in [0.05, 0.1) is 13.5 Å². The Bertz CT molecular complexity index is 465. The van der Waals surface area contributed by atoms with Gasteiger partial charge in [-0.25, -0.2) is 4.39 Å². The summed E-state index contributed by atoms with van der Waals surface area (Å²) in [4.78, 5) is 22.3. The Labute approximate surface area is 115 Å². The quantitative estimate of drug-likeness (QED) is 0.817. The molecule has 19 heavy (non-hydrogen) atoms. The largest absolute Gasteiger partial charge is 0.469 e. The molecule has 1 amide bonds. The van der Waals surface area contributed by atoms with Crippen LogP contribution in [0.15, 0.2) is 18.2 Å². The highest BCUT2D eigenvalue weighted by Gasteiger charge is 2.07. The number of methoxy groups -OCH3 is 1. The lowest BCUT2D eigenvalue weighted by molar-refractivity contribution is -0.142. The van der Waals surface area contributed by atoms with Gasteiger partial charge < -0.3 is 10.1 Å². The van der Waals surface area contributed by atoms with Gasteiger partial charge in [0.2, 0.25) is 5.91 Å². The first-order valence-electron chi connectivity index (χ1n) is 5.73. The maximum Gasteiger partial charge on any atom is 0.306 e. The van der Waals surface area contributed by atoms with E-state index in [4.69, 9.17) is 11.6 Å². The van der Waals surface area contributed by atoms with Crippen LogP contribution in [0.5, 0.6) is 0 Å². The third-order valence-electron chi connectivity index (χ3n) is 2.53. The van der Waals surface area contributed by atoms with Crippen LogP contribution in [-0.2, 0) is 27.5 Å². The minimum absolute atomic E-state index is 0.0404. The molecule has 1 N–H and O–H groups in total. The highest BCUT2D eigenvalue weighted by molar-refractivity contribution is 6.31. The van der Waals surface area contributed by atoms with Crippen LogP contribution in [0.3, 0.4) is 0 Å². The van der Waals surface area contributed by atoms with Crippen LogP contribution < -0.4 is 5.32 Å². The van der Waals surface area contributed by atoms with Crippen molar-refractivity contribution >= 4 is 23.5 Å². The van der Waals surface area contributed by atoms with Gasteiger partial charge in [-0.2, -0.15) is 0 Å². The summed E-state index contributed by atoms with van der Waals surface area (Å²) in [6.07, 6.45) is 0.106. The van der Waals surface area contributed by atoms with Gasteiger partial charge in [0.1, 0.15) is 6.67 Å². The molecule has 0 atom stereocenters. The van der Waals surface area contributed by atoms with Crippen LogP contribution in [0.2, 0.25) is 5.02 Å². The number of carbonyl (C=O) groups excluding carboxylic acids is 2. The number of carbonyl (C=O) groups is 2. The fraction of sp³-hybridized carbons (Fsp3) is 0.385. The minimum Gasteiger partial charge on any atom is -0.469 e. The third kappa shape index (κ3) is 5.26. The van der Waals surface area contributed by atoms with Gasteiger partial charge in [-0.3, -0.25) is 9.59 Å². The summed E-state index contributed by atoms with van der Waals surface area (Å²) in [5.74, 6) is -0.691. The monoisotopic (exact) mass is 287 g/mol. The van der Waals surface area contributed by atoms with E-state index in [2.05, 4.69) is 10.1 Å². The van der Waals surface area contributed by atoms with Crippen LogP contribution >= 0.6 is 11.6 Å². The molecule has 6 heteroatoms. The van der Waals surface area contributed by atoms with Gasteiger partial charge in [0, 0.05) is 23.6 Å². The Morgan fingerprint density at radius 1 is 1.37 bits per heavy atom. The predicted octanol–water partition coefficient (Wildman–Crippen LogP) is 2.38. The van der Waals surface area contributed by atoms with Crippen molar-refractivity contribution in [3.8, 4) is 0 Å². The summed E-state index contributed by atoms with van der Waals surface area (Å²) in [6.45, 7) is -0.382. The number of alkyl halides is 1. The lowest BCUT2D eigenvalue weighted by Gasteiger charge is -2.07. The maximum atomic E-state index is 12.6. The summed E-state index contributed by atoms with van der Waals surface area (Å²) in [5, 5.41) is 3.00. The van der Waals surface area contributed by atoms with Crippen molar-refractivity contribution in [3.63, 3.8) is 0 Å². The van der Waals surface area contributed by atoms with E-state index in [9.17, 15) is 14.0 Å². The van der Waals surface area contributed by atoms with E-state index in [0.717, 1.165) is 5.56 Å². The van der Waals surface area contributed by atoms with Gasteiger partial charge in [-0.15, -0.1) is 0 Å². The Morgan fingerprint density at radius 2 is 2.11 bits per heavy atom. The Morgan fingerprint density at radius 3 is 2.74 bits per heavy atom. The predicted molar refractivity (Wildman–Crippen MR) is 69.4 cm³/mol. The highest BCUT2D eigenvalue weighted by atomic mass is 35.5. The van der Waals surface area contributed by atoms with Crippen molar-refractivity contribution in [3.05, 3.63) is 34.3 Å². The molecule has 0 saturated heterocycles. The van der Waals surface area contributed by atoms with E-state index in [-0.39, 0.29) is 25.3 Å². The standard InChI is InChI=1S/C13H15ClFNO3/c1-19-13(18)5-4-12(17)16-8-9-2-3-11(14)10(6-9)7-15/h2-3,6H,4-5,7-8H2,1H3,(H,16,17). The normalized spacial score (nSPS) is 10.1. The number of ether oxygens (including phenoxy) is 1. The molecule has 0 aliphatic carbocycles. The number of benzene rings is 1. The lowest BCUT2D eigenvalue weighted by atomic mass is 10.1. The van der Waals surface area contributed by atoms with Gasteiger partial charge >= 0.3 is 5.97 Å². The van der Waals surface area contributed by atoms with E-state index in [0.29, 0.717) is 10.6 Å². The van der Waals surface area contributed by atoms with E-state index in [1.807, 2.05) is 0 Å². The summed E-state index contributed by atoms with van der Waals surface area (Å²) in [7, 11) is 1.27. The zero-order chi connectivity index (χ0) is 14.3. The van der Waals surface area contributed by atoms with Gasteiger partial charge in [-0.1, -0.05) is 17.7 Å². The van der Waals surface area contributed by atoms with Crippen LogP contribution in [0.25, 0.3) is 0 Å². The molecule has 1 rings (SSSR count). The zero-order valence-corrected chi connectivity index (χ0v) is 11.3. The van der Waals surface area contributed by atoms with Crippen molar-refractivity contribution < 1.29 is 18.7 Å². The summed E-state index contributed by atoms with van der Waals surface area (Å²) < 4.78 is 17.0. The molecule has 0 bridgehead atoms. The van der Waals surface area contributed by atoms with Crippen molar-refractivity contribution in [1.82, 2.24) is 5.32 Å². The van der Waals surface area contributed by atoms with Crippen LogP contribution in [0.4, 0.5) is 4.39 Å². The van der Waals surface area contributed by atoms with Crippen LogP contribution in [0.1, 0.15) is 24.0 Å². The number of halogens is 2. The second kappa shape index (κ2) is 7.74. The molecule has 0 unspecified atom stereocenters. The van der Waals surface area contributed by atoms with Crippen molar-refractivity contribution in [2.75, 3.05) is 7.11 Å². The van der Waals surface area contributed by atoms with E-state index >= 15 is 0 Å². The Hall–Kier alpha value is -1.62. The van der Waals surface area contributed by atoms with Gasteiger partial charge in [-0.05, 0) is 17.7 Å². The summed E-state index contributed by atoms with van der Waals surface area (Å²) >= 11 is 5.78. The molecule has 1 aromatic rings. The molecule has 0 fully saturated rings. The van der Waals surface area contributed by atoms with Crippen LogP contribution in [-0.4, -0.2) is 19.0 Å². The van der Waals surface area contributed by atoms with Crippen molar-refractivity contribution in [2.24, 2.45) is 0 Å². The lowest BCUT2D eigenvalue weighted by Crippen LogP contribution is -2.23. The molecule has 0 saturated carbocycles. The number of nitrogens with one attached hydrogen (secondary N) is 1. The molecule has 1 aromatic carbocycles. The summed E-state index contributed by atoms with van der Waals surface area (Å²) in [5.41, 5.74) is 1.14. The second-order valence-corrected chi connectivity index (χ2v) is 4.32. The zero-order valence-electron chi connectivity index (χ0n) is 10.5. The van der Waals surface area contributed by atoms with Crippen molar-refractivity contribution in [1.29, 1.82) is 0 Å². The second-order valence-electron chi connectivity index (χ2n) is 3.91. The molecule has 4 nitrogen and oxygen atoms in total. The summed E-state index contributed by atoms with van der Waals surface area (Å²) in [6, 6.07) is 4.90. The average molecular weight is 288 g/mol. The fourth-order valence-electron chi connectivity index (χ4n) is 1.45. The number of hydrogen-bond donors (Lipinski definition) is 1. The number of amides is 1. The Kier molecular flexibility index (Phi) is 6.29. The molecule has 0 radical (unpaired) electrons. The average Bonchev–Trinajstić information content (AvgIpc) is 2.43. The molecular weight excluding hydrogens is 273 g/mol. The van der Waals surface area contributed by atoms with E-state index in [1.54, 1.807) is 18.2 Å². The van der Waals surface area contributed by atoms with Gasteiger partial charge in [0.15, 0.2) is 0 Å². The SMILES string of the molecule is COC(=O)CCC(=O)NCc1ccc(Cl)c(CF)c1. The first kappa shape index (κ1) is 15.4. The van der Waals surface area contributed by atoms with Gasteiger partial charge in [0.25, 0.3) is 0 Å². The van der Waals surface area contributed by atoms with Crippen LogP contribution in [0, 0.1) is 0 Å². The third-order valence-corrected chi connectivity index (χ3v) is 2.90. The fourth-order valence-corrected chi connectivity index (χ4v) is 1.62. The number of rotatable bonds is 6. The molecule has 104 valence electrons. The maximum absolute atomic E-state index is 12.6. The number of hydrogen-bond acceptors (Lipinski definition) is 3. The molecular formula is C13H15ClFNO3. The molecule has 0 aliphatic heterocycles. The Balaban J connectivity index is 2.44. The topological polar surface area (TPSA) is 55.4 Å². The van der Waals surface area contributed by atoms with Crippen molar-refractivity contribution in [2.45, 2.75) is 26.1 Å². The smallest absolute Gasteiger partial charge is 0.306 e. The number of esters is 1. The molecule has 0 aromatic heterocycles. The first-order chi connectivity index (χ1) is 9.06. The first-order valence-corrected chi connectivity index (χ1v) is 6.11. The molecule has 0 aliphatic rings. The van der Waals surface area contributed by atoms with E-state index < -0.39 is 12.6 Å². The molecule has 0 heterocycles. The van der Waals surface area contributed by atoms with E-state index in [1.165, 1.54) is 7.11 Å².